The molecule has 0 aromatic heterocycles. The van der Waals surface area contributed by atoms with Crippen molar-refractivity contribution in [3.8, 4) is 0 Å². The van der Waals surface area contributed by atoms with Crippen LogP contribution in [-0.2, 0) is 39.0 Å². The summed E-state index contributed by atoms with van der Waals surface area (Å²) >= 11 is 0. The first-order chi connectivity index (χ1) is 15.1. The summed E-state index contributed by atoms with van der Waals surface area (Å²) in [7, 11) is 0.750. The van der Waals surface area contributed by atoms with Crippen molar-refractivity contribution in [3.05, 3.63) is 82.9 Å². The van der Waals surface area contributed by atoms with Crippen LogP contribution < -0.4 is 24.8 Å². The van der Waals surface area contributed by atoms with Crippen LogP contribution in [0.5, 0.6) is 0 Å². The smallest absolute Gasteiger partial charge is 1.00 e. The molecule has 0 nitrogen and oxygen atoms in total. The van der Waals surface area contributed by atoms with Gasteiger partial charge in [-0.2, -0.15) is 11.1 Å². The molecule has 0 amide bonds. The third kappa shape index (κ3) is 10.1. The van der Waals surface area contributed by atoms with E-state index in [1.54, 1.807) is 0 Å². The molecular weight excluding hydrogens is 551 g/mol. The van der Waals surface area contributed by atoms with Gasteiger partial charge in [-0.25, -0.2) is 0 Å². The molecule has 4 heteroatoms. The van der Waals surface area contributed by atoms with Crippen molar-refractivity contribution in [3.63, 3.8) is 0 Å². The van der Waals surface area contributed by atoms with Gasteiger partial charge in [0.2, 0.25) is 0 Å². The molecule has 183 valence electrons. The molecule has 34 heavy (non-hydrogen) atoms. The second-order valence-corrected chi connectivity index (χ2v) is 9.70. The fourth-order valence-electron chi connectivity index (χ4n) is 4.12. The molecule has 4 rings (SSSR count). The number of rotatable bonds is 6. The molecule has 0 aliphatic rings. The largest absolute Gasteiger partial charge is 4.00 e. The van der Waals surface area contributed by atoms with Crippen molar-refractivity contribution in [2.45, 2.75) is 79.3 Å². The second kappa shape index (κ2) is 19.5. The van der Waals surface area contributed by atoms with Crippen LogP contribution >= 0.6 is 0 Å². The maximum atomic E-state index is 2.35. The number of aryl methyl sites for hydroxylation is 4. The van der Waals surface area contributed by atoms with Crippen LogP contribution in [0.4, 0.5) is 0 Å². The van der Waals surface area contributed by atoms with Crippen LogP contribution in [0.15, 0.2) is 60.7 Å². The van der Waals surface area contributed by atoms with Gasteiger partial charge in [0.1, 0.15) is 0 Å². The molecule has 0 saturated carbocycles. The first-order valence-corrected chi connectivity index (χ1v) is 14.4. The van der Waals surface area contributed by atoms with Crippen LogP contribution in [0.25, 0.3) is 21.5 Å². The zero-order valence-corrected chi connectivity index (χ0v) is 27.0. The number of unbranched alkanes of at least 4 members (excludes halogenated alkanes) is 2. The molecular formula is C30H41Cl2SiZr. The zero-order chi connectivity index (χ0) is 22.6. The Morgan fingerprint density at radius 2 is 0.971 bits per heavy atom. The first-order valence-electron chi connectivity index (χ1n) is 12.1. The summed E-state index contributed by atoms with van der Waals surface area (Å²) in [6.07, 6.45) is 7.63. The van der Waals surface area contributed by atoms with Crippen molar-refractivity contribution in [1.82, 2.24) is 0 Å². The van der Waals surface area contributed by atoms with E-state index < -0.39 is 0 Å². The van der Waals surface area contributed by atoms with Gasteiger partial charge in [0, 0.05) is 9.52 Å². The molecule has 0 fully saturated rings. The van der Waals surface area contributed by atoms with E-state index in [-0.39, 0.29) is 51.0 Å². The Morgan fingerprint density at radius 3 is 1.26 bits per heavy atom. The predicted molar refractivity (Wildman–Crippen MR) is 145 cm³/mol. The number of hydrogen-bond acceptors (Lipinski definition) is 0. The maximum absolute atomic E-state index is 2.35. The van der Waals surface area contributed by atoms with E-state index in [9.17, 15) is 0 Å². The Bertz CT molecular complexity index is 965. The zero-order valence-electron chi connectivity index (χ0n) is 21.8. The minimum atomic E-state index is 0. The van der Waals surface area contributed by atoms with Crippen molar-refractivity contribution in [1.29, 1.82) is 0 Å². The van der Waals surface area contributed by atoms with Crippen LogP contribution in [0.2, 0.25) is 13.1 Å². The van der Waals surface area contributed by atoms with Gasteiger partial charge >= 0.3 is 26.2 Å². The first kappa shape index (κ1) is 35.5. The van der Waals surface area contributed by atoms with E-state index in [4.69, 9.17) is 0 Å². The van der Waals surface area contributed by atoms with Gasteiger partial charge < -0.3 is 24.8 Å². The van der Waals surface area contributed by atoms with Gasteiger partial charge in [0.05, 0.1) is 0 Å². The average molecular weight is 592 g/mol. The predicted octanol–water partition coefficient (Wildman–Crippen LogP) is 2.94. The molecule has 0 heterocycles. The van der Waals surface area contributed by atoms with E-state index >= 15 is 0 Å². The summed E-state index contributed by atoms with van der Waals surface area (Å²) < 4.78 is 0. The van der Waals surface area contributed by atoms with Crippen LogP contribution in [0, 0.1) is 13.8 Å². The van der Waals surface area contributed by atoms with Gasteiger partial charge in [-0.15, -0.1) is 81.2 Å². The molecule has 0 N–H and O–H groups in total. The van der Waals surface area contributed by atoms with Crippen LogP contribution in [-0.4, -0.2) is 9.52 Å². The summed E-state index contributed by atoms with van der Waals surface area (Å²) in [5.41, 5.74) is 6.03. The van der Waals surface area contributed by atoms with Crippen molar-refractivity contribution >= 4 is 31.1 Å². The van der Waals surface area contributed by atoms with E-state index in [2.05, 4.69) is 101 Å². The third-order valence-electron chi connectivity index (χ3n) is 5.95. The van der Waals surface area contributed by atoms with Gasteiger partial charge in [0.15, 0.2) is 0 Å². The quantitative estimate of drug-likeness (QED) is 0.239. The molecule has 0 spiro atoms. The molecule has 4 aromatic carbocycles. The number of halogens is 2. The van der Waals surface area contributed by atoms with E-state index in [0.29, 0.717) is 0 Å². The van der Waals surface area contributed by atoms with Crippen LogP contribution in [0.1, 0.15) is 61.8 Å². The minimum Gasteiger partial charge on any atom is -1.00 e. The summed E-state index contributed by atoms with van der Waals surface area (Å²) in [5, 5.41) is 5.66. The fraction of sp³-hybridized carbons (Fsp3) is 0.400. The second-order valence-electron chi connectivity index (χ2n) is 8.55. The third-order valence-corrected chi connectivity index (χ3v) is 5.95. The molecule has 4 aromatic rings. The SMILES string of the molecule is CCCCc1[cH-]c2ccccc2c1C.CCCCc1[cH-]c2ccccc2c1C.C[SiH]C.[Cl-].[Cl-].[Zr+4]. The van der Waals surface area contributed by atoms with Gasteiger partial charge in [-0.05, 0) is 12.8 Å². The molecule has 0 atom stereocenters. The Morgan fingerprint density at radius 1 is 0.647 bits per heavy atom. The molecule has 0 saturated heterocycles. The summed E-state index contributed by atoms with van der Waals surface area (Å²) in [5.74, 6) is 0. The topological polar surface area (TPSA) is 0 Å². The van der Waals surface area contributed by atoms with Gasteiger partial charge in [0.25, 0.3) is 0 Å². The normalized spacial score (nSPS) is 9.59. The van der Waals surface area contributed by atoms with Crippen molar-refractivity contribution < 1.29 is 51.0 Å². The summed E-state index contributed by atoms with van der Waals surface area (Å²) in [6, 6.07) is 22.0. The van der Waals surface area contributed by atoms with Crippen molar-refractivity contribution in [2.24, 2.45) is 0 Å². The molecule has 0 aliphatic heterocycles. The van der Waals surface area contributed by atoms with Crippen molar-refractivity contribution in [2.75, 3.05) is 0 Å². The number of hydrogen-bond donors (Lipinski definition) is 0. The van der Waals surface area contributed by atoms with Gasteiger partial charge in [-0.3, -0.25) is 0 Å². The molecule has 0 aliphatic carbocycles. The number of benzene rings is 2. The molecule has 1 radical (unpaired) electrons. The Balaban J connectivity index is 0. The summed E-state index contributed by atoms with van der Waals surface area (Å²) in [6.45, 7) is 13.4. The van der Waals surface area contributed by atoms with Crippen LogP contribution in [0.3, 0.4) is 0 Å². The minimum absolute atomic E-state index is 0. The molecule has 0 unspecified atom stereocenters. The van der Waals surface area contributed by atoms with E-state index in [1.807, 2.05) is 0 Å². The van der Waals surface area contributed by atoms with Gasteiger partial charge in [-0.1, -0.05) is 78.6 Å². The Labute approximate surface area is 242 Å². The number of fused-ring (bicyclic) bond motifs is 2. The van der Waals surface area contributed by atoms with E-state index in [1.165, 1.54) is 82.3 Å². The monoisotopic (exact) mass is 589 g/mol. The Hall–Kier alpha value is -0.660. The average Bonchev–Trinajstić information content (AvgIpc) is 3.29. The van der Waals surface area contributed by atoms with E-state index in [0.717, 1.165) is 9.52 Å². The molecule has 0 bridgehead atoms. The fourth-order valence-corrected chi connectivity index (χ4v) is 4.12. The Kier molecular flexibility index (Phi) is 20.4. The standard InChI is InChI=1S/2C14H17.C2H7Si.2ClH.Zr/c2*1-3-4-7-12-10-13-8-5-6-9-14(13)11(12)2;1-3-2;;;/h2*5-6,8-10H,3-4,7H2,1-2H3;3H,1-2H3;2*1H;/q2*-1;;;;+4/p-2. The maximum Gasteiger partial charge on any atom is 4.00 e. The summed E-state index contributed by atoms with van der Waals surface area (Å²) in [4.78, 5) is 0.